The van der Waals surface area contributed by atoms with Crippen molar-refractivity contribution in [2.24, 2.45) is 0 Å². The zero-order chi connectivity index (χ0) is 15.9. The second-order valence-corrected chi connectivity index (χ2v) is 6.10. The van der Waals surface area contributed by atoms with Crippen LogP contribution in [0.25, 0.3) is 0 Å². The van der Waals surface area contributed by atoms with Crippen LogP contribution in [0.3, 0.4) is 0 Å². The molecule has 4 heteroatoms. The van der Waals surface area contributed by atoms with Crippen LogP contribution in [0.2, 0.25) is 0 Å². The van der Waals surface area contributed by atoms with Crippen LogP contribution < -0.4 is 10.1 Å². The quantitative estimate of drug-likeness (QED) is 0.861. The van der Waals surface area contributed by atoms with E-state index in [0.717, 1.165) is 49.2 Å². The van der Waals surface area contributed by atoms with E-state index < -0.39 is 0 Å². The Labute approximate surface area is 137 Å². The fourth-order valence-electron chi connectivity index (χ4n) is 2.96. The Morgan fingerprint density at radius 1 is 1.04 bits per heavy atom. The topological polar surface area (TPSA) is 54.4 Å². The largest absolute Gasteiger partial charge is 0.487 e. The molecule has 0 radical (unpaired) electrons. The summed E-state index contributed by atoms with van der Waals surface area (Å²) in [7, 11) is 0. The molecule has 1 saturated carbocycles. The number of nitrogens with one attached hydrogen (secondary N) is 1. The van der Waals surface area contributed by atoms with Gasteiger partial charge in [-0.1, -0.05) is 24.3 Å². The van der Waals surface area contributed by atoms with E-state index in [1.54, 1.807) is 6.20 Å². The number of rotatable bonds is 6. The van der Waals surface area contributed by atoms with Crippen LogP contribution in [-0.2, 0) is 13.2 Å². The number of pyridine rings is 1. The number of aliphatic hydroxyl groups excluding tert-OH is 1. The molecular weight excluding hydrogens is 288 g/mol. The first kappa shape index (κ1) is 16.0. The van der Waals surface area contributed by atoms with E-state index in [9.17, 15) is 5.11 Å². The van der Waals surface area contributed by atoms with Crippen molar-refractivity contribution in [2.75, 3.05) is 0 Å². The lowest BCUT2D eigenvalue weighted by Crippen LogP contribution is -2.34. The monoisotopic (exact) mass is 312 g/mol. The number of hydrogen-bond acceptors (Lipinski definition) is 4. The first-order chi connectivity index (χ1) is 11.3. The van der Waals surface area contributed by atoms with Crippen molar-refractivity contribution in [3.8, 4) is 5.75 Å². The van der Waals surface area contributed by atoms with Crippen molar-refractivity contribution in [3.05, 3.63) is 59.9 Å². The molecule has 1 aliphatic carbocycles. The highest BCUT2D eigenvalue weighted by Crippen LogP contribution is 2.22. The molecule has 1 heterocycles. The summed E-state index contributed by atoms with van der Waals surface area (Å²) in [5, 5.41) is 13.2. The number of hydrogen-bond donors (Lipinski definition) is 2. The Morgan fingerprint density at radius 3 is 2.61 bits per heavy atom. The lowest BCUT2D eigenvalue weighted by atomic mass is 9.93. The van der Waals surface area contributed by atoms with Crippen molar-refractivity contribution in [1.82, 2.24) is 10.3 Å². The highest BCUT2D eigenvalue weighted by Gasteiger charge is 2.19. The van der Waals surface area contributed by atoms with Crippen LogP contribution in [0.5, 0.6) is 5.75 Å². The zero-order valence-corrected chi connectivity index (χ0v) is 13.3. The van der Waals surface area contributed by atoms with E-state index in [0.29, 0.717) is 12.6 Å². The molecule has 2 N–H and O–H groups in total. The van der Waals surface area contributed by atoms with Gasteiger partial charge in [0.1, 0.15) is 12.4 Å². The minimum Gasteiger partial charge on any atom is -0.487 e. The van der Waals surface area contributed by atoms with Gasteiger partial charge in [0.25, 0.3) is 0 Å². The number of benzene rings is 1. The van der Waals surface area contributed by atoms with Gasteiger partial charge >= 0.3 is 0 Å². The maximum atomic E-state index is 9.58. The second kappa shape index (κ2) is 8.09. The predicted molar refractivity (Wildman–Crippen MR) is 90.1 cm³/mol. The number of aromatic nitrogens is 1. The molecule has 0 spiro atoms. The highest BCUT2D eigenvalue weighted by atomic mass is 16.5. The molecule has 1 aromatic carbocycles. The van der Waals surface area contributed by atoms with Gasteiger partial charge in [-0.15, -0.1) is 0 Å². The van der Waals surface area contributed by atoms with Crippen molar-refractivity contribution in [2.45, 2.75) is 51.0 Å². The maximum absolute atomic E-state index is 9.58. The first-order valence-corrected chi connectivity index (χ1v) is 8.33. The van der Waals surface area contributed by atoms with Gasteiger partial charge in [-0.05, 0) is 43.9 Å². The van der Waals surface area contributed by atoms with E-state index in [4.69, 9.17) is 4.74 Å². The highest BCUT2D eigenvalue weighted by molar-refractivity contribution is 5.33. The summed E-state index contributed by atoms with van der Waals surface area (Å²) in [6.45, 7) is 1.27. The summed E-state index contributed by atoms with van der Waals surface area (Å²) in [5.74, 6) is 0.904. The van der Waals surface area contributed by atoms with Gasteiger partial charge in [-0.25, -0.2) is 0 Å². The van der Waals surface area contributed by atoms with Gasteiger partial charge in [-0.2, -0.15) is 0 Å². The third-order valence-corrected chi connectivity index (χ3v) is 4.35. The Balaban J connectivity index is 1.55. The first-order valence-electron chi connectivity index (χ1n) is 8.33. The average molecular weight is 312 g/mol. The van der Waals surface area contributed by atoms with Crippen molar-refractivity contribution >= 4 is 0 Å². The van der Waals surface area contributed by atoms with E-state index in [1.165, 1.54) is 0 Å². The van der Waals surface area contributed by atoms with Gasteiger partial charge < -0.3 is 15.2 Å². The lowest BCUT2D eigenvalue weighted by Gasteiger charge is -2.26. The fourth-order valence-corrected chi connectivity index (χ4v) is 2.96. The fraction of sp³-hybridized carbons (Fsp3) is 0.421. The van der Waals surface area contributed by atoms with Crippen molar-refractivity contribution in [3.63, 3.8) is 0 Å². The van der Waals surface area contributed by atoms with Gasteiger partial charge in [-0.3, -0.25) is 4.98 Å². The number of ether oxygens (including phenoxy) is 1. The zero-order valence-electron chi connectivity index (χ0n) is 13.3. The van der Waals surface area contributed by atoms with E-state index in [2.05, 4.69) is 16.4 Å². The molecule has 0 atom stereocenters. The molecule has 0 aliphatic heterocycles. The molecule has 1 aliphatic rings. The molecule has 23 heavy (non-hydrogen) atoms. The van der Waals surface area contributed by atoms with E-state index in [1.807, 2.05) is 36.4 Å². The Morgan fingerprint density at radius 2 is 1.83 bits per heavy atom. The minimum atomic E-state index is -0.109. The SMILES string of the molecule is OC1CCC(NCc2ccccc2OCc2ccccn2)CC1. The van der Waals surface area contributed by atoms with Crippen LogP contribution in [0.4, 0.5) is 0 Å². The van der Waals surface area contributed by atoms with Gasteiger partial charge in [0, 0.05) is 24.3 Å². The summed E-state index contributed by atoms with van der Waals surface area (Å²) >= 11 is 0. The second-order valence-electron chi connectivity index (χ2n) is 6.10. The molecule has 1 aromatic heterocycles. The molecule has 0 amide bonds. The molecule has 0 bridgehead atoms. The van der Waals surface area contributed by atoms with Crippen LogP contribution in [0.1, 0.15) is 36.9 Å². The normalized spacial score (nSPS) is 21.1. The van der Waals surface area contributed by atoms with Crippen LogP contribution >= 0.6 is 0 Å². The van der Waals surface area contributed by atoms with E-state index >= 15 is 0 Å². The minimum absolute atomic E-state index is 0.109. The third-order valence-electron chi connectivity index (χ3n) is 4.35. The van der Waals surface area contributed by atoms with Crippen LogP contribution in [0, 0.1) is 0 Å². The summed E-state index contributed by atoms with van der Waals surface area (Å²) in [6.07, 6.45) is 5.55. The van der Waals surface area contributed by atoms with E-state index in [-0.39, 0.29) is 6.10 Å². The number of nitrogens with zero attached hydrogens (tertiary/aromatic N) is 1. The average Bonchev–Trinajstić information content (AvgIpc) is 2.61. The predicted octanol–water partition coefficient (Wildman–Crippen LogP) is 3.05. The maximum Gasteiger partial charge on any atom is 0.130 e. The molecule has 3 rings (SSSR count). The summed E-state index contributed by atoms with van der Waals surface area (Å²) in [4.78, 5) is 4.29. The molecule has 0 saturated heterocycles. The van der Waals surface area contributed by atoms with Crippen molar-refractivity contribution < 1.29 is 9.84 Å². The van der Waals surface area contributed by atoms with Gasteiger partial charge in [0.05, 0.1) is 11.8 Å². The summed E-state index contributed by atoms with van der Waals surface area (Å²) in [5.41, 5.74) is 2.09. The number of aliphatic hydroxyl groups is 1. The molecular formula is C19H24N2O2. The Bertz CT molecular complexity index is 595. The van der Waals surface area contributed by atoms with Crippen molar-refractivity contribution in [1.29, 1.82) is 0 Å². The summed E-state index contributed by atoms with van der Waals surface area (Å²) < 4.78 is 5.94. The number of para-hydroxylation sites is 1. The lowest BCUT2D eigenvalue weighted by molar-refractivity contribution is 0.116. The summed E-state index contributed by atoms with van der Waals surface area (Å²) in [6, 6.07) is 14.5. The Hall–Kier alpha value is -1.91. The standard InChI is InChI=1S/C19H24N2O2/c22-18-10-8-16(9-11-18)21-13-15-5-1-2-7-19(15)23-14-17-6-3-4-12-20-17/h1-7,12,16,18,21-22H,8-11,13-14H2. The molecule has 4 nitrogen and oxygen atoms in total. The van der Waals surface area contributed by atoms with Crippen LogP contribution in [0.15, 0.2) is 48.7 Å². The third kappa shape index (κ3) is 4.78. The van der Waals surface area contributed by atoms with Gasteiger partial charge in [0.15, 0.2) is 0 Å². The smallest absolute Gasteiger partial charge is 0.130 e. The van der Waals surface area contributed by atoms with Gasteiger partial charge in [0.2, 0.25) is 0 Å². The molecule has 2 aromatic rings. The molecule has 0 unspecified atom stereocenters. The molecule has 122 valence electrons. The molecule has 1 fully saturated rings. The Kier molecular flexibility index (Phi) is 5.61. The van der Waals surface area contributed by atoms with Crippen LogP contribution in [-0.4, -0.2) is 22.2 Å².